The number of fused-ring (bicyclic) bond motifs is 1. The van der Waals surface area contributed by atoms with E-state index in [0.717, 1.165) is 38.5 Å². The van der Waals surface area contributed by atoms with Gasteiger partial charge >= 0.3 is 0 Å². The highest BCUT2D eigenvalue weighted by atomic mass is 16.5. The smallest absolute Gasteiger partial charge is 0.0645 e. The second-order valence-electron chi connectivity index (χ2n) is 4.16. The minimum absolute atomic E-state index is 0.652. The SMILES string of the molecule is Cc1cc2n(n1)CCN(C1COC1)C2. The van der Waals surface area contributed by atoms with Crippen molar-refractivity contribution in [3.05, 3.63) is 17.5 Å². The molecule has 4 heteroatoms. The van der Waals surface area contributed by atoms with Gasteiger partial charge < -0.3 is 4.74 Å². The van der Waals surface area contributed by atoms with Crippen LogP contribution in [-0.2, 0) is 17.8 Å². The summed E-state index contributed by atoms with van der Waals surface area (Å²) in [6, 6.07) is 2.84. The van der Waals surface area contributed by atoms with Crippen molar-refractivity contribution in [3.8, 4) is 0 Å². The van der Waals surface area contributed by atoms with Crippen LogP contribution in [0.3, 0.4) is 0 Å². The maximum atomic E-state index is 5.22. The molecule has 0 amide bonds. The van der Waals surface area contributed by atoms with Gasteiger partial charge in [0.15, 0.2) is 0 Å². The summed E-state index contributed by atoms with van der Waals surface area (Å²) in [5.41, 5.74) is 2.48. The van der Waals surface area contributed by atoms with Crippen molar-refractivity contribution >= 4 is 0 Å². The molecule has 76 valence electrons. The Morgan fingerprint density at radius 1 is 1.43 bits per heavy atom. The van der Waals surface area contributed by atoms with Crippen molar-refractivity contribution in [2.75, 3.05) is 19.8 Å². The van der Waals surface area contributed by atoms with Crippen molar-refractivity contribution in [2.24, 2.45) is 0 Å². The first kappa shape index (κ1) is 8.44. The van der Waals surface area contributed by atoms with Gasteiger partial charge in [-0.2, -0.15) is 5.10 Å². The molecule has 0 saturated carbocycles. The molecule has 0 unspecified atom stereocenters. The van der Waals surface area contributed by atoms with E-state index in [0.29, 0.717) is 6.04 Å². The zero-order valence-electron chi connectivity index (χ0n) is 8.44. The number of rotatable bonds is 1. The molecule has 4 nitrogen and oxygen atoms in total. The number of aromatic nitrogens is 2. The molecule has 0 bridgehead atoms. The predicted octanol–water partition coefficient (Wildman–Crippen LogP) is 0.406. The molecule has 1 aromatic heterocycles. The number of hydrogen-bond acceptors (Lipinski definition) is 3. The lowest BCUT2D eigenvalue weighted by Gasteiger charge is -2.39. The van der Waals surface area contributed by atoms with Gasteiger partial charge in [-0.05, 0) is 13.0 Å². The molecule has 3 heterocycles. The normalized spacial score (nSPS) is 23.2. The minimum atomic E-state index is 0.652. The van der Waals surface area contributed by atoms with Gasteiger partial charge in [0.2, 0.25) is 0 Å². The van der Waals surface area contributed by atoms with Crippen LogP contribution in [0, 0.1) is 6.92 Å². The van der Waals surface area contributed by atoms with Crippen molar-refractivity contribution in [3.63, 3.8) is 0 Å². The Morgan fingerprint density at radius 2 is 2.29 bits per heavy atom. The van der Waals surface area contributed by atoms with Crippen LogP contribution < -0.4 is 0 Å². The Hall–Kier alpha value is -0.870. The Labute approximate surface area is 83.5 Å². The van der Waals surface area contributed by atoms with E-state index in [1.807, 2.05) is 0 Å². The zero-order valence-corrected chi connectivity index (χ0v) is 8.44. The molecule has 0 aromatic carbocycles. The molecule has 0 aliphatic carbocycles. The third-order valence-electron chi connectivity index (χ3n) is 3.09. The fourth-order valence-corrected chi connectivity index (χ4v) is 2.18. The topological polar surface area (TPSA) is 30.3 Å². The van der Waals surface area contributed by atoms with E-state index in [-0.39, 0.29) is 0 Å². The van der Waals surface area contributed by atoms with E-state index in [2.05, 4.69) is 27.7 Å². The molecule has 14 heavy (non-hydrogen) atoms. The van der Waals surface area contributed by atoms with Crippen LogP contribution in [0.2, 0.25) is 0 Å². The second-order valence-corrected chi connectivity index (χ2v) is 4.16. The van der Waals surface area contributed by atoms with Gasteiger partial charge in [0.25, 0.3) is 0 Å². The van der Waals surface area contributed by atoms with Crippen LogP contribution in [-0.4, -0.2) is 40.5 Å². The quantitative estimate of drug-likeness (QED) is 0.647. The van der Waals surface area contributed by atoms with E-state index >= 15 is 0 Å². The average molecular weight is 193 g/mol. The summed E-state index contributed by atoms with van der Waals surface area (Å²) in [5, 5.41) is 4.45. The lowest BCUT2D eigenvalue weighted by atomic mass is 10.2. The third kappa shape index (κ3) is 1.26. The summed E-state index contributed by atoms with van der Waals surface area (Å²) < 4.78 is 7.35. The largest absolute Gasteiger partial charge is 0.378 e. The van der Waals surface area contributed by atoms with Gasteiger partial charge in [0.1, 0.15) is 0 Å². The molecule has 2 aliphatic heterocycles. The van der Waals surface area contributed by atoms with Crippen molar-refractivity contribution < 1.29 is 4.74 Å². The van der Waals surface area contributed by atoms with Crippen molar-refractivity contribution in [1.82, 2.24) is 14.7 Å². The summed E-state index contributed by atoms with van der Waals surface area (Å²) in [6.45, 7) is 7.05. The monoisotopic (exact) mass is 193 g/mol. The van der Waals surface area contributed by atoms with Crippen molar-refractivity contribution in [2.45, 2.75) is 26.1 Å². The molecule has 0 radical (unpaired) electrons. The first-order chi connectivity index (χ1) is 6.83. The van der Waals surface area contributed by atoms with Crippen molar-refractivity contribution in [1.29, 1.82) is 0 Å². The number of hydrogen-bond donors (Lipinski definition) is 0. The fraction of sp³-hybridized carbons (Fsp3) is 0.700. The van der Waals surface area contributed by atoms with Crippen LogP contribution in [0.4, 0.5) is 0 Å². The van der Waals surface area contributed by atoms with E-state index in [4.69, 9.17) is 4.74 Å². The number of aryl methyl sites for hydroxylation is 1. The Morgan fingerprint density at radius 3 is 3.00 bits per heavy atom. The molecule has 1 aromatic rings. The molecule has 1 fully saturated rings. The lowest BCUT2D eigenvalue weighted by Crippen LogP contribution is -2.51. The Bertz CT molecular complexity index is 343. The van der Waals surface area contributed by atoms with Gasteiger partial charge in [-0.25, -0.2) is 0 Å². The van der Waals surface area contributed by atoms with Gasteiger partial charge in [0.05, 0.1) is 37.2 Å². The minimum Gasteiger partial charge on any atom is -0.378 e. The van der Waals surface area contributed by atoms with Gasteiger partial charge in [0, 0.05) is 13.1 Å². The molecule has 0 N–H and O–H groups in total. The maximum Gasteiger partial charge on any atom is 0.0645 e. The Balaban J connectivity index is 1.78. The molecular weight excluding hydrogens is 178 g/mol. The first-order valence-corrected chi connectivity index (χ1v) is 5.18. The summed E-state index contributed by atoms with van der Waals surface area (Å²) in [5.74, 6) is 0. The van der Waals surface area contributed by atoms with E-state index < -0.39 is 0 Å². The summed E-state index contributed by atoms with van der Waals surface area (Å²) in [6.07, 6.45) is 0. The highest BCUT2D eigenvalue weighted by Crippen LogP contribution is 2.19. The van der Waals surface area contributed by atoms with Gasteiger partial charge in [-0.3, -0.25) is 9.58 Å². The van der Waals surface area contributed by atoms with Gasteiger partial charge in [-0.1, -0.05) is 0 Å². The standard InChI is InChI=1S/C10H15N3O/c1-8-4-9-5-12(10-6-14-7-10)2-3-13(9)11-8/h4,10H,2-3,5-7H2,1H3. The molecule has 1 saturated heterocycles. The molecule has 0 atom stereocenters. The lowest BCUT2D eigenvalue weighted by molar-refractivity contribution is -0.0735. The molecule has 3 rings (SSSR count). The highest BCUT2D eigenvalue weighted by molar-refractivity contribution is 5.10. The first-order valence-electron chi connectivity index (χ1n) is 5.18. The number of nitrogens with zero attached hydrogens (tertiary/aromatic N) is 3. The van der Waals surface area contributed by atoms with E-state index in [9.17, 15) is 0 Å². The third-order valence-corrected chi connectivity index (χ3v) is 3.09. The van der Waals surface area contributed by atoms with Crippen LogP contribution in [0.5, 0.6) is 0 Å². The number of ether oxygens (including phenoxy) is 1. The van der Waals surface area contributed by atoms with E-state index in [1.165, 1.54) is 5.69 Å². The maximum absolute atomic E-state index is 5.22. The molecule has 2 aliphatic rings. The summed E-state index contributed by atoms with van der Waals surface area (Å²) in [4.78, 5) is 2.50. The summed E-state index contributed by atoms with van der Waals surface area (Å²) >= 11 is 0. The summed E-state index contributed by atoms with van der Waals surface area (Å²) in [7, 11) is 0. The van der Waals surface area contributed by atoms with Gasteiger partial charge in [-0.15, -0.1) is 0 Å². The fourth-order valence-electron chi connectivity index (χ4n) is 2.18. The van der Waals surface area contributed by atoms with Crippen LogP contribution in [0.25, 0.3) is 0 Å². The highest BCUT2D eigenvalue weighted by Gasteiger charge is 2.29. The predicted molar refractivity (Wildman–Crippen MR) is 52.0 cm³/mol. The van der Waals surface area contributed by atoms with E-state index in [1.54, 1.807) is 0 Å². The molecular formula is C10H15N3O. The average Bonchev–Trinajstić information content (AvgIpc) is 2.40. The zero-order chi connectivity index (χ0) is 9.54. The van der Waals surface area contributed by atoms with Crippen LogP contribution in [0.1, 0.15) is 11.4 Å². The Kier molecular flexibility index (Phi) is 1.85. The van der Waals surface area contributed by atoms with Crippen LogP contribution >= 0.6 is 0 Å². The second kappa shape index (κ2) is 3.07. The van der Waals surface area contributed by atoms with Crippen LogP contribution in [0.15, 0.2) is 6.07 Å². The molecule has 0 spiro atoms.